The normalized spacial score (nSPS) is 12.2. The topological polar surface area (TPSA) is 54.7 Å². The molecule has 0 bridgehead atoms. The zero-order valence-corrected chi connectivity index (χ0v) is 14.2. The number of amides is 1. The number of hydrogen-bond acceptors (Lipinski definition) is 4. The third kappa shape index (κ3) is 4.89. The molecule has 1 atom stereocenters. The molecule has 22 heavy (non-hydrogen) atoms. The third-order valence-electron chi connectivity index (χ3n) is 3.17. The molecule has 6 heteroatoms. The van der Waals surface area contributed by atoms with E-state index < -0.39 is 0 Å². The lowest BCUT2D eigenvalue weighted by molar-refractivity contribution is -0.123. The molecule has 1 aromatic heterocycles. The molecule has 0 spiro atoms. The fourth-order valence-corrected chi connectivity index (χ4v) is 2.22. The summed E-state index contributed by atoms with van der Waals surface area (Å²) >= 11 is 3.35. The quantitative estimate of drug-likeness (QED) is 0.818. The molecule has 1 heterocycles. The second-order valence-electron chi connectivity index (χ2n) is 5.04. The van der Waals surface area contributed by atoms with Gasteiger partial charge < -0.3 is 14.5 Å². The van der Waals surface area contributed by atoms with Crippen LogP contribution >= 0.6 is 15.9 Å². The first-order valence-corrected chi connectivity index (χ1v) is 7.70. The summed E-state index contributed by atoms with van der Waals surface area (Å²) in [4.78, 5) is 13.9. The van der Waals surface area contributed by atoms with Crippen LogP contribution in [0.1, 0.15) is 11.8 Å². The van der Waals surface area contributed by atoms with Gasteiger partial charge in [0, 0.05) is 11.0 Å². The third-order valence-corrected chi connectivity index (χ3v) is 3.70. The summed E-state index contributed by atoms with van der Waals surface area (Å²) < 4.78 is 11.8. The average molecular weight is 367 g/mol. The van der Waals surface area contributed by atoms with Crippen molar-refractivity contribution in [1.82, 2.24) is 10.2 Å². The number of hydrogen-bond donors (Lipinski definition) is 1. The van der Waals surface area contributed by atoms with Crippen LogP contribution in [0.15, 0.2) is 51.6 Å². The molecule has 0 saturated carbocycles. The van der Waals surface area contributed by atoms with Gasteiger partial charge in [0.05, 0.1) is 12.3 Å². The van der Waals surface area contributed by atoms with Gasteiger partial charge in [-0.2, -0.15) is 0 Å². The summed E-state index contributed by atoms with van der Waals surface area (Å²) in [7, 11) is 3.88. The van der Waals surface area contributed by atoms with Gasteiger partial charge in [0.25, 0.3) is 5.91 Å². The minimum Gasteiger partial charge on any atom is -0.484 e. The van der Waals surface area contributed by atoms with Gasteiger partial charge in [-0.15, -0.1) is 0 Å². The molecular formula is C16H19BrN2O3. The summed E-state index contributed by atoms with van der Waals surface area (Å²) in [5.41, 5.74) is 0. The number of carbonyl (C=O) groups excluding carboxylic acids is 1. The summed E-state index contributed by atoms with van der Waals surface area (Å²) in [6.45, 7) is 0.447. The van der Waals surface area contributed by atoms with E-state index >= 15 is 0 Å². The number of ether oxygens (including phenoxy) is 1. The lowest BCUT2D eigenvalue weighted by Crippen LogP contribution is -2.36. The van der Waals surface area contributed by atoms with E-state index in [1.54, 1.807) is 6.26 Å². The van der Waals surface area contributed by atoms with Gasteiger partial charge in [0.15, 0.2) is 6.61 Å². The first kappa shape index (κ1) is 16.6. The molecule has 1 amide bonds. The van der Waals surface area contributed by atoms with Crippen LogP contribution in [0.2, 0.25) is 0 Å². The number of halogens is 1. The van der Waals surface area contributed by atoms with Gasteiger partial charge in [-0.3, -0.25) is 9.69 Å². The van der Waals surface area contributed by atoms with E-state index in [0.717, 1.165) is 10.2 Å². The minimum absolute atomic E-state index is 0.00775. The van der Waals surface area contributed by atoms with Crippen molar-refractivity contribution in [1.29, 1.82) is 0 Å². The Hall–Kier alpha value is -1.79. The van der Waals surface area contributed by atoms with Crippen LogP contribution in [0.5, 0.6) is 5.75 Å². The summed E-state index contributed by atoms with van der Waals surface area (Å²) in [6.07, 6.45) is 1.63. The van der Waals surface area contributed by atoms with Gasteiger partial charge in [-0.05, 0) is 50.5 Å². The molecule has 118 valence electrons. The SMILES string of the molecule is CN(C)[C@@H](CNC(=O)COc1ccc(Br)cc1)c1ccco1. The fourth-order valence-electron chi connectivity index (χ4n) is 1.96. The van der Waals surface area contributed by atoms with E-state index in [-0.39, 0.29) is 18.6 Å². The van der Waals surface area contributed by atoms with Gasteiger partial charge in [0.1, 0.15) is 11.5 Å². The number of rotatable bonds is 7. The monoisotopic (exact) mass is 366 g/mol. The Bertz CT molecular complexity index is 582. The Kier molecular flexibility index (Phi) is 6.03. The molecule has 0 fully saturated rings. The summed E-state index contributed by atoms with van der Waals surface area (Å²) in [6, 6.07) is 11.1. The lowest BCUT2D eigenvalue weighted by Gasteiger charge is -2.22. The second-order valence-corrected chi connectivity index (χ2v) is 5.96. The van der Waals surface area contributed by atoms with E-state index in [4.69, 9.17) is 9.15 Å². The molecule has 2 rings (SSSR count). The van der Waals surface area contributed by atoms with Crippen LogP contribution in [0.3, 0.4) is 0 Å². The van der Waals surface area contributed by atoms with Crippen molar-refractivity contribution in [2.75, 3.05) is 27.2 Å². The number of benzene rings is 1. The molecule has 0 aliphatic heterocycles. The Morgan fingerprint density at radius 1 is 1.32 bits per heavy atom. The van der Waals surface area contributed by atoms with E-state index in [9.17, 15) is 4.79 Å². The fraction of sp³-hybridized carbons (Fsp3) is 0.312. The van der Waals surface area contributed by atoms with Gasteiger partial charge in [-0.25, -0.2) is 0 Å². The number of likely N-dealkylation sites (N-methyl/N-ethyl adjacent to an activating group) is 1. The molecule has 0 aliphatic carbocycles. The van der Waals surface area contributed by atoms with Crippen molar-refractivity contribution < 1.29 is 13.9 Å². The summed E-state index contributed by atoms with van der Waals surface area (Å²) in [5, 5.41) is 2.86. The van der Waals surface area contributed by atoms with Crippen molar-refractivity contribution >= 4 is 21.8 Å². The maximum absolute atomic E-state index is 11.9. The summed E-state index contributed by atoms with van der Waals surface area (Å²) in [5.74, 6) is 1.31. The second kappa shape index (κ2) is 8.00. The predicted molar refractivity (Wildman–Crippen MR) is 87.8 cm³/mol. The Balaban J connectivity index is 1.80. The predicted octanol–water partition coefficient (Wildman–Crippen LogP) is 2.84. The Labute approximate surface area is 138 Å². The van der Waals surface area contributed by atoms with Crippen LogP contribution in [0.4, 0.5) is 0 Å². The van der Waals surface area contributed by atoms with Crippen LogP contribution in [-0.2, 0) is 4.79 Å². The van der Waals surface area contributed by atoms with Crippen molar-refractivity contribution in [3.8, 4) is 5.75 Å². The van der Waals surface area contributed by atoms with Crippen molar-refractivity contribution in [2.24, 2.45) is 0 Å². The van der Waals surface area contributed by atoms with Crippen LogP contribution in [0, 0.1) is 0 Å². The lowest BCUT2D eigenvalue weighted by atomic mass is 10.2. The molecular weight excluding hydrogens is 348 g/mol. The maximum atomic E-state index is 11.9. The highest BCUT2D eigenvalue weighted by Crippen LogP contribution is 2.18. The molecule has 5 nitrogen and oxygen atoms in total. The first-order valence-electron chi connectivity index (χ1n) is 6.91. The highest BCUT2D eigenvalue weighted by molar-refractivity contribution is 9.10. The molecule has 0 saturated heterocycles. The van der Waals surface area contributed by atoms with E-state index in [0.29, 0.717) is 12.3 Å². The molecule has 0 radical (unpaired) electrons. The van der Waals surface area contributed by atoms with Crippen LogP contribution in [-0.4, -0.2) is 38.1 Å². The van der Waals surface area contributed by atoms with Gasteiger partial charge in [0.2, 0.25) is 0 Å². The van der Waals surface area contributed by atoms with E-state index in [1.165, 1.54) is 0 Å². The maximum Gasteiger partial charge on any atom is 0.258 e. The van der Waals surface area contributed by atoms with Gasteiger partial charge >= 0.3 is 0 Å². The van der Waals surface area contributed by atoms with Crippen LogP contribution < -0.4 is 10.1 Å². The number of nitrogens with one attached hydrogen (secondary N) is 1. The standard InChI is InChI=1S/C16H19BrN2O3/c1-19(2)14(15-4-3-9-21-15)10-18-16(20)11-22-13-7-5-12(17)6-8-13/h3-9,14H,10-11H2,1-2H3,(H,18,20)/t14-/m0/s1. The van der Waals surface area contributed by atoms with Crippen LogP contribution in [0.25, 0.3) is 0 Å². The minimum atomic E-state index is -0.165. The number of furan rings is 1. The highest BCUT2D eigenvalue weighted by Gasteiger charge is 2.17. The largest absolute Gasteiger partial charge is 0.484 e. The number of nitrogens with zero attached hydrogens (tertiary/aromatic N) is 1. The smallest absolute Gasteiger partial charge is 0.258 e. The molecule has 1 aromatic carbocycles. The van der Waals surface area contributed by atoms with Crippen molar-refractivity contribution in [3.05, 3.63) is 52.9 Å². The zero-order valence-electron chi connectivity index (χ0n) is 12.6. The molecule has 0 aliphatic rings. The molecule has 0 unspecified atom stereocenters. The first-order chi connectivity index (χ1) is 10.6. The number of carbonyl (C=O) groups is 1. The highest BCUT2D eigenvalue weighted by atomic mass is 79.9. The van der Waals surface area contributed by atoms with Crippen molar-refractivity contribution in [3.63, 3.8) is 0 Å². The van der Waals surface area contributed by atoms with E-state index in [1.807, 2.05) is 55.4 Å². The van der Waals surface area contributed by atoms with Gasteiger partial charge in [-0.1, -0.05) is 15.9 Å². The zero-order chi connectivity index (χ0) is 15.9. The van der Waals surface area contributed by atoms with Crippen molar-refractivity contribution in [2.45, 2.75) is 6.04 Å². The molecule has 2 aromatic rings. The molecule has 1 N–H and O–H groups in total. The van der Waals surface area contributed by atoms with E-state index in [2.05, 4.69) is 21.2 Å². The Morgan fingerprint density at radius 3 is 2.64 bits per heavy atom. The Morgan fingerprint density at radius 2 is 2.05 bits per heavy atom. The average Bonchev–Trinajstić information content (AvgIpc) is 3.00.